The second kappa shape index (κ2) is 5.71. The monoisotopic (exact) mass is 321 g/mol. The van der Waals surface area contributed by atoms with Crippen LogP contribution >= 0.6 is 0 Å². The lowest BCUT2D eigenvalue weighted by molar-refractivity contribution is 0.0554. The number of rotatable bonds is 3. The van der Waals surface area contributed by atoms with Crippen LogP contribution in [0.5, 0.6) is 0 Å². The van der Waals surface area contributed by atoms with Crippen LogP contribution < -0.4 is 0 Å². The molecule has 0 saturated heterocycles. The Morgan fingerprint density at radius 1 is 0.917 bits per heavy atom. The fourth-order valence-corrected chi connectivity index (χ4v) is 3.45. The zero-order chi connectivity index (χ0) is 17.6. The number of fused-ring (bicyclic) bond motifs is 1. The third kappa shape index (κ3) is 2.35. The number of nitrogens with zero attached hydrogens (tertiary/aromatic N) is 1. The standard InChI is InChI=1S/C20H19NO3/c1-11-9-12(2)17(13(3)10-11)18(22)14(4)21-19(23)15-7-5-6-8-16(15)20(21)24/h5-10,14H,1-4H3. The zero-order valence-corrected chi connectivity index (χ0v) is 14.2. The van der Waals surface area contributed by atoms with E-state index in [2.05, 4.69) is 0 Å². The number of hydrogen-bond acceptors (Lipinski definition) is 3. The minimum Gasteiger partial charge on any atom is -0.292 e. The molecule has 1 atom stereocenters. The Kier molecular flexibility index (Phi) is 3.84. The van der Waals surface area contributed by atoms with Crippen molar-refractivity contribution in [3.8, 4) is 0 Å². The van der Waals surface area contributed by atoms with Crippen LogP contribution in [0.25, 0.3) is 0 Å². The van der Waals surface area contributed by atoms with Crippen molar-refractivity contribution in [1.29, 1.82) is 0 Å². The van der Waals surface area contributed by atoms with Crippen LogP contribution in [0, 0.1) is 20.8 Å². The molecule has 3 rings (SSSR count). The second-order valence-electron chi connectivity index (χ2n) is 6.34. The first kappa shape index (κ1) is 16.1. The quantitative estimate of drug-likeness (QED) is 0.642. The van der Waals surface area contributed by atoms with E-state index in [4.69, 9.17) is 0 Å². The van der Waals surface area contributed by atoms with Gasteiger partial charge in [-0.05, 0) is 51.0 Å². The molecule has 1 unspecified atom stereocenters. The van der Waals surface area contributed by atoms with Crippen molar-refractivity contribution in [2.24, 2.45) is 0 Å². The predicted molar refractivity (Wildman–Crippen MR) is 91.4 cm³/mol. The number of ketones is 1. The van der Waals surface area contributed by atoms with Gasteiger partial charge in [-0.3, -0.25) is 19.3 Å². The molecule has 2 aromatic carbocycles. The largest absolute Gasteiger partial charge is 0.292 e. The number of carbonyl (C=O) groups excluding carboxylic acids is 3. The van der Waals surface area contributed by atoms with E-state index in [-0.39, 0.29) is 5.78 Å². The van der Waals surface area contributed by atoms with Crippen LogP contribution in [-0.2, 0) is 0 Å². The summed E-state index contributed by atoms with van der Waals surface area (Å²) >= 11 is 0. The Balaban J connectivity index is 1.99. The second-order valence-corrected chi connectivity index (χ2v) is 6.34. The number of amides is 2. The van der Waals surface area contributed by atoms with E-state index in [0.29, 0.717) is 16.7 Å². The van der Waals surface area contributed by atoms with Gasteiger partial charge in [-0.1, -0.05) is 29.8 Å². The summed E-state index contributed by atoms with van der Waals surface area (Å²) in [6.07, 6.45) is 0. The van der Waals surface area contributed by atoms with Gasteiger partial charge in [0.2, 0.25) is 0 Å². The van der Waals surface area contributed by atoms with Crippen LogP contribution in [0.4, 0.5) is 0 Å². The average molecular weight is 321 g/mol. The SMILES string of the molecule is Cc1cc(C)c(C(=O)C(C)N2C(=O)c3ccccc3C2=O)c(C)c1. The highest BCUT2D eigenvalue weighted by atomic mass is 16.2. The molecule has 2 aromatic rings. The van der Waals surface area contributed by atoms with E-state index in [9.17, 15) is 14.4 Å². The number of imide groups is 1. The maximum absolute atomic E-state index is 13.0. The highest BCUT2D eigenvalue weighted by Crippen LogP contribution is 2.27. The van der Waals surface area contributed by atoms with Gasteiger partial charge in [0, 0.05) is 5.56 Å². The van der Waals surface area contributed by atoms with Crippen molar-refractivity contribution in [2.45, 2.75) is 33.7 Å². The highest BCUT2D eigenvalue weighted by molar-refractivity contribution is 6.23. The summed E-state index contributed by atoms with van der Waals surface area (Å²) in [5.41, 5.74) is 4.11. The van der Waals surface area contributed by atoms with Gasteiger partial charge in [-0.2, -0.15) is 0 Å². The molecule has 1 aliphatic rings. The number of hydrogen-bond donors (Lipinski definition) is 0. The Morgan fingerprint density at radius 2 is 1.38 bits per heavy atom. The Hall–Kier alpha value is -2.75. The molecule has 0 N–H and O–H groups in total. The van der Waals surface area contributed by atoms with Crippen molar-refractivity contribution in [1.82, 2.24) is 4.90 Å². The minimum atomic E-state index is -0.836. The summed E-state index contributed by atoms with van der Waals surface area (Å²) in [5, 5.41) is 0. The zero-order valence-electron chi connectivity index (χ0n) is 14.2. The first-order valence-corrected chi connectivity index (χ1v) is 7.92. The van der Waals surface area contributed by atoms with Crippen molar-refractivity contribution >= 4 is 17.6 Å². The summed E-state index contributed by atoms with van der Waals surface area (Å²) in [5.74, 6) is -1.02. The molecule has 0 radical (unpaired) electrons. The van der Waals surface area contributed by atoms with E-state index in [1.54, 1.807) is 31.2 Å². The lowest BCUT2D eigenvalue weighted by Gasteiger charge is -2.23. The number of aryl methyl sites for hydroxylation is 3. The van der Waals surface area contributed by atoms with E-state index < -0.39 is 17.9 Å². The molecular weight excluding hydrogens is 302 g/mol. The van der Waals surface area contributed by atoms with Crippen molar-refractivity contribution in [3.05, 3.63) is 69.8 Å². The van der Waals surface area contributed by atoms with Crippen molar-refractivity contribution < 1.29 is 14.4 Å². The average Bonchev–Trinajstić information content (AvgIpc) is 2.77. The Labute approximate surface area is 141 Å². The molecule has 0 fully saturated rings. The van der Waals surface area contributed by atoms with Crippen LogP contribution in [0.3, 0.4) is 0 Å². The summed E-state index contributed by atoms with van der Waals surface area (Å²) in [6, 6.07) is 9.72. The topological polar surface area (TPSA) is 54.5 Å². The van der Waals surface area contributed by atoms with Gasteiger partial charge in [0.05, 0.1) is 11.1 Å². The van der Waals surface area contributed by atoms with E-state index in [0.717, 1.165) is 21.6 Å². The first-order valence-electron chi connectivity index (χ1n) is 7.92. The third-order valence-corrected chi connectivity index (χ3v) is 4.52. The molecule has 0 aromatic heterocycles. The molecule has 0 spiro atoms. The molecule has 4 heteroatoms. The Morgan fingerprint density at radius 3 is 1.83 bits per heavy atom. The molecule has 2 amide bonds. The maximum Gasteiger partial charge on any atom is 0.262 e. The highest BCUT2D eigenvalue weighted by Gasteiger charge is 2.41. The van der Waals surface area contributed by atoms with Gasteiger partial charge in [-0.15, -0.1) is 0 Å². The molecule has 4 nitrogen and oxygen atoms in total. The third-order valence-electron chi connectivity index (χ3n) is 4.52. The first-order chi connectivity index (χ1) is 11.3. The van der Waals surface area contributed by atoms with Crippen LogP contribution in [0.1, 0.15) is 54.7 Å². The van der Waals surface area contributed by atoms with E-state index >= 15 is 0 Å². The van der Waals surface area contributed by atoms with Crippen molar-refractivity contribution in [3.63, 3.8) is 0 Å². The van der Waals surface area contributed by atoms with Gasteiger partial charge in [-0.25, -0.2) is 0 Å². The fourth-order valence-electron chi connectivity index (χ4n) is 3.45. The van der Waals surface area contributed by atoms with Gasteiger partial charge in [0.25, 0.3) is 11.8 Å². The van der Waals surface area contributed by atoms with Gasteiger partial charge >= 0.3 is 0 Å². The number of Topliss-reactive ketones (excluding diaryl/α,β-unsaturated/α-hetero) is 1. The minimum absolute atomic E-state index is 0.209. The Bertz CT molecular complexity index is 824. The molecule has 1 heterocycles. The van der Waals surface area contributed by atoms with Crippen LogP contribution in [0.2, 0.25) is 0 Å². The molecule has 122 valence electrons. The van der Waals surface area contributed by atoms with Gasteiger partial charge in [0.1, 0.15) is 6.04 Å². The maximum atomic E-state index is 13.0. The van der Waals surface area contributed by atoms with E-state index in [1.807, 2.05) is 32.9 Å². The fraction of sp³-hybridized carbons (Fsp3) is 0.250. The summed E-state index contributed by atoms with van der Waals surface area (Å²) in [7, 11) is 0. The lowest BCUT2D eigenvalue weighted by atomic mass is 9.93. The lowest BCUT2D eigenvalue weighted by Crippen LogP contribution is -2.43. The molecular formula is C20H19NO3. The van der Waals surface area contributed by atoms with Crippen LogP contribution in [-0.4, -0.2) is 28.5 Å². The predicted octanol–water partition coefficient (Wildman–Crippen LogP) is 3.48. The number of benzene rings is 2. The summed E-state index contributed by atoms with van der Waals surface area (Å²) in [4.78, 5) is 39.2. The summed E-state index contributed by atoms with van der Waals surface area (Å²) < 4.78 is 0. The summed E-state index contributed by atoms with van der Waals surface area (Å²) in [6.45, 7) is 7.34. The van der Waals surface area contributed by atoms with E-state index in [1.165, 1.54) is 0 Å². The normalized spacial score (nSPS) is 14.8. The molecule has 0 aliphatic carbocycles. The van der Waals surface area contributed by atoms with Crippen molar-refractivity contribution in [2.75, 3.05) is 0 Å². The van der Waals surface area contributed by atoms with Crippen LogP contribution in [0.15, 0.2) is 36.4 Å². The molecule has 0 saturated carbocycles. The number of carbonyl (C=O) groups is 3. The van der Waals surface area contributed by atoms with Gasteiger partial charge in [0.15, 0.2) is 5.78 Å². The van der Waals surface area contributed by atoms with Gasteiger partial charge < -0.3 is 0 Å². The smallest absolute Gasteiger partial charge is 0.262 e. The molecule has 0 bridgehead atoms. The molecule has 24 heavy (non-hydrogen) atoms. The molecule has 1 aliphatic heterocycles.